The molecule has 0 unspecified atom stereocenters. The van der Waals surface area contributed by atoms with Crippen molar-refractivity contribution in [2.75, 3.05) is 13.1 Å². The van der Waals surface area contributed by atoms with Gasteiger partial charge in [-0.2, -0.15) is 4.31 Å². The molecule has 0 aliphatic carbocycles. The summed E-state index contributed by atoms with van der Waals surface area (Å²) >= 11 is 1.18. The van der Waals surface area contributed by atoms with Gasteiger partial charge in [0.1, 0.15) is 4.21 Å². The van der Waals surface area contributed by atoms with Crippen molar-refractivity contribution in [3.8, 4) is 0 Å². The van der Waals surface area contributed by atoms with Crippen LogP contribution < -0.4 is 0 Å². The molecule has 0 spiro atoms. The largest absolute Gasteiger partial charge is 0.449 e. The fourth-order valence-electron chi connectivity index (χ4n) is 3.97. The highest BCUT2D eigenvalue weighted by molar-refractivity contribution is 7.91. The van der Waals surface area contributed by atoms with Crippen LogP contribution in [0.4, 0.5) is 0 Å². The summed E-state index contributed by atoms with van der Waals surface area (Å²) in [6.45, 7) is 4.36. The zero-order valence-corrected chi connectivity index (χ0v) is 20.8. The molecule has 0 bridgehead atoms. The molecular weight excluding hydrogens is 470 g/mol. The number of carbonyl (C=O) groups is 2. The molecule has 1 aliphatic heterocycles. The lowest BCUT2D eigenvalue weighted by Crippen LogP contribution is -2.40. The predicted octanol–water partition coefficient (Wildman–Crippen LogP) is 4.93. The average molecular weight is 498 g/mol. The van der Waals surface area contributed by atoms with Gasteiger partial charge in [-0.3, -0.25) is 9.59 Å². The summed E-state index contributed by atoms with van der Waals surface area (Å²) in [5.41, 5.74) is 3.16. The van der Waals surface area contributed by atoms with Crippen LogP contribution in [0.5, 0.6) is 0 Å². The second-order valence-electron chi connectivity index (χ2n) is 8.57. The predicted molar refractivity (Wildman–Crippen MR) is 131 cm³/mol. The van der Waals surface area contributed by atoms with Gasteiger partial charge in [-0.15, -0.1) is 11.3 Å². The van der Waals surface area contributed by atoms with Gasteiger partial charge in [-0.25, -0.2) is 8.42 Å². The third-order valence-corrected chi connectivity index (χ3v) is 9.34. The maximum absolute atomic E-state index is 13.3. The number of sulfonamides is 1. The van der Waals surface area contributed by atoms with Gasteiger partial charge in [0.25, 0.3) is 10.0 Å². The topological polar surface area (TPSA) is 80.8 Å². The number of nitrogens with zero attached hydrogens (tertiary/aromatic N) is 1. The summed E-state index contributed by atoms with van der Waals surface area (Å²) in [5, 5.41) is 1.73. The molecule has 4 rings (SSSR count). The number of ether oxygens (including phenoxy) is 1. The van der Waals surface area contributed by atoms with E-state index in [0.29, 0.717) is 28.2 Å². The monoisotopic (exact) mass is 497 g/mol. The van der Waals surface area contributed by atoms with E-state index in [1.807, 2.05) is 38.1 Å². The summed E-state index contributed by atoms with van der Waals surface area (Å²) in [6.07, 6.45) is -0.352. The molecule has 1 saturated heterocycles. The van der Waals surface area contributed by atoms with E-state index < -0.39 is 28.0 Å². The number of esters is 1. The molecule has 2 aromatic carbocycles. The van der Waals surface area contributed by atoms with E-state index in [0.717, 1.165) is 11.1 Å². The van der Waals surface area contributed by atoms with Crippen molar-refractivity contribution in [3.63, 3.8) is 0 Å². The third kappa shape index (κ3) is 5.29. The first-order valence-electron chi connectivity index (χ1n) is 11.2. The second kappa shape index (κ2) is 10.2. The van der Waals surface area contributed by atoms with Gasteiger partial charge in [0, 0.05) is 24.2 Å². The summed E-state index contributed by atoms with van der Waals surface area (Å²) in [7, 11) is -3.55. The summed E-state index contributed by atoms with van der Waals surface area (Å²) in [6, 6.07) is 17.8. The molecule has 2 heterocycles. The number of aryl methyl sites for hydroxylation is 2. The summed E-state index contributed by atoms with van der Waals surface area (Å²) < 4.78 is 33.0. The van der Waals surface area contributed by atoms with E-state index in [1.165, 1.54) is 15.6 Å². The molecule has 3 aromatic rings. The van der Waals surface area contributed by atoms with Crippen LogP contribution in [-0.2, 0) is 19.6 Å². The molecule has 0 N–H and O–H groups in total. The van der Waals surface area contributed by atoms with Gasteiger partial charge in [-0.1, -0.05) is 65.7 Å². The van der Waals surface area contributed by atoms with Gasteiger partial charge >= 0.3 is 5.97 Å². The number of Topliss-reactive ketones (excluding diaryl/α,β-unsaturated/α-hetero) is 1. The van der Waals surface area contributed by atoms with Crippen molar-refractivity contribution in [2.24, 2.45) is 5.92 Å². The van der Waals surface area contributed by atoms with Crippen LogP contribution in [0.25, 0.3) is 0 Å². The molecule has 0 amide bonds. The van der Waals surface area contributed by atoms with Crippen molar-refractivity contribution >= 4 is 33.1 Å². The highest BCUT2D eigenvalue weighted by Gasteiger charge is 2.35. The second-order valence-corrected chi connectivity index (χ2v) is 11.7. The minimum absolute atomic E-state index is 0.237. The highest BCUT2D eigenvalue weighted by atomic mass is 32.2. The number of carbonyl (C=O) groups excluding carboxylic acids is 2. The van der Waals surface area contributed by atoms with Crippen molar-refractivity contribution in [2.45, 2.75) is 37.0 Å². The first kappa shape index (κ1) is 24.3. The van der Waals surface area contributed by atoms with Crippen molar-refractivity contribution < 1.29 is 22.7 Å². The van der Waals surface area contributed by atoms with Gasteiger partial charge in [0.05, 0.1) is 5.92 Å². The number of rotatable bonds is 7. The zero-order chi connectivity index (χ0) is 24.3. The summed E-state index contributed by atoms with van der Waals surface area (Å²) in [5.74, 6) is -1.22. The van der Waals surface area contributed by atoms with Gasteiger partial charge in [0.2, 0.25) is 5.78 Å². The lowest BCUT2D eigenvalue weighted by Gasteiger charge is -2.30. The molecule has 178 valence electrons. The number of benzene rings is 2. The Morgan fingerprint density at radius 1 is 0.941 bits per heavy atom. The standard InChI is InChI=1S/C26H27NO5S2/c1-18-5-9-20(10-6-18)24(28)25(21-11-7-19(2)8-12-21)32-26(29)22-13-15-27(16-14-22)34(30,31)23-4-3-17-33-23/h3-12,17,22,25H,13-16H2,1-2H3/t25-/m0/s1. The van der Waals surface area contributed by atoms with E-state index >= 15 is 0 Å². The minimum Gasteiger partial charge on any atom is -0.449 e. The molecule has 0 saturated carbocycles. The molecule has 1 fully saturated rings. The molecule has 1 aromatic heterocycles. The average Bonchev–Trinajstić information content (AvgIpc) is 3.39. The smallest absolute Gasteiger partial charge is 0.310 e. The Hall–Kier alpha value is -2.81. The number of piperidine rings is 1. The van der Waals surface area contributed by atoms with E-state index in [-0.39, 0.29) is 18.9 Å². The van der Waals surface area contributed by atoms with E-state index in [9.17, 15) is 18.0 Å². The fraction of sp³-hybridized carbons (Fsp3) is 0.308. The summed E-state index contributed by atoms with van der Waals surface area (Å²) in [4.78, 5) is 26.4. The molecule has 8 heteroatoms. The number of hydrogen-bond acceptors (Lipinski definition) is 6. The maximum atomic E-state index is 13.3. The highest BCUT2D eigenvalue weighted by Crippen LogP contribution is 2.30. The maximum Gasteiger partial charge on any atom is 0.310 e. The SMILES string of the molecule is Cc1ccc(C(=O)[C@@H](OC(=O)C2CCN(S(=O)(=O)c3cccs3)CC2)c2ccc(C)cc2)cc1. The minimum atomic E-state index is -3.55. The van der Waals surface area contributed by atoms with Gasteiger partial charge in [-0.05, 0) is 38.1 Å². The van der Waals surface area contributed by atoms with Crippen molar-refractivity contribution in [1.82, 2.24) is 4.31 Å². The van der Waals surface area contributed by atoms with Crippen LogP contribution in [0, 0.1) is 19.8 Å². The van der Waals surface area contributed by atoms with Crippen LogP contribution in [0.1, 0.15) is 46.0 Å². The van der Waals surface area contributed by atoms with Crippen LogP contribution in [-0.4, -0.2) is 37.6 Å². The van der Waals surface area contributed by atoms with Crippen LogP contribution >= 0.6 is 11.3 Å². The Morgan fingerprint density at radius 3 is 2.09 bits per heavy atom. The Morgan fingerprint density at radius 2 is 1.53 bits per heavy atom. The van der Waals surface area contributed by atoms with Crippen LogP contribution in [0.15, 0.2) is 70.3 Å². The Kier molecular flexibility index (Phi) is 7.30. The Balaban J connectivity index is 1.48. The van der Waals surface area contributed by atoms with E-state index in [4.69, 9.17) is 4.74 Å². The van der Waals surface area contributed by atoms with Crippen LogP contribution in [0.2, 0.25) is 0 Å². The number of thiophene rings is 1. The zero-order valence-electron chi connectivity index (χ0n) is 19.1. The van der Waals surface area contributed by atoms with Gasteiger partial charge in [0.15, 0.2) is 6.10 Å². The Labute approximate surface area is 204 Å². The number of ketones is 1. The molecule has 34 heavy (non-hydrogen) atoms. The molecule has 6 nitrogen and oxygen atoms in total. The van der Waals surface area contributed by atoms with E-state index in [1.54, 1.807) is 41.8 Å². The molecular formula is C26H27NO5S2. The van der Waals surface area contributed by atoms with Crippen molar-refractivity contribution in [1.29, 1.82) is 0 Å². The lowest BCUT2D eigenvalue weighted by molar-refractivity contribution is -0.153. The van der Waals surface area contributed by atoms with Gasteiger partial charge < -0.3 is 4.74 Å². The lowest BCUT2D eigenvalue weighted by atomic mass is 9.96. The van der Waals surface area contributed by atoms with Crippen molar-refractivity contribution in [3.05, 3.63) is 88.3 Å². The Bertz CT molecular complexity index is 1240. The van der Waals surface area contributed by atoms with Crippen LogP contribution in [0.3, 0.4) is 0 Å². The number of hydrogen-bond donors (Lipinski definition) is 0. The first-order chi connectivity index (χ1) is 16.3. The third-order valence-electron chi connectivity index (χ3n) is 6.06. The van der Waals surface area contributed by atoms with E-state index in [2.05, 4.69) is 0 Å². The molecule has 0 radical (unpaired) electrons. The fourth-order valence-corrected chi connectivity index (χ4v) is 6.58. The molecule has 1 aliphatic rings. The normalized spacial score (nSPS) is 16.2. The quantitative estimate of drug-likeness (QED) is 0.341. The first-order valence-corrected chi connectivity index (χ1v) is 13.5. The molecule has 1 atom stereocenters.